The summed E-state index contributed by atoms with van der Waals surface area (Å²) in [6, 6.07) is 5.00. The van der Waals surface area contributed by atoms with Crippen LogP contribution in [-0.2, 0) is 27.6 Å². The van der Waals surface area contributed by atoms with Gasteiger partial charge in [-0.2, -0.15) is 51.3 Å². The van der Waals surface area contributed by atoms with Crippen LogP contribution >= 0.6 is 11.8 Å². The van der Waals surface area contributed by atoms with E-state index in [0.717, 1.165) is 0 Å². The number of benzene rings is 2. The molecule has 2 aromatic rings. The highest BCUT2D eigenvalue weighted by molar-refractivity contribution is 7.99. The average Bonchev–Trinajstić information content (AvgIpc) is 3.25. The van der Waals surface area contributed by atoms with Crippen LogP contribution in [0, 0.1) is 0 Å². The van der Waals surface area contributed by atoms with E-state index in [-0.39, 0.29) is 41.1 Å². The fourth-order valence-corrected chi connectivity index (χ4v) is 3.95. The van der Waals surface area contributed by atoms with Crippen LogP contribution in [-0.4, -0.2) is 24.1 Å². The number of hydrogen-bond donors (Lipinski definition) is 2. The van der Waals surface area contributed by atoms with Crippen molar-refractivity contribution in [3.05, 3.63) is 76.4 Å². The number of hydrogen-bond acceptors (Lipinski definition) is 4. The highest BCUT2D eigenvalue weighted by Gasteiger charge is 2.60. The minimum absolute atomic E-state index is 0.0219. The number of carbonyl (C=O) groups is 1. The second-order valence-corrected chi connectivity index (χ2v) is 9.00. The third-order valence-electron chi connectivity index (χ3n) is 5.48. The summed E-state index contributed by atoms with van der Waals surface area (Å²) in [4.78, 5) is 16.4. The zero-order valence-corrected chi connectivity index (χ0v) is 19.8. The zero-order chi connectivity index (χ0) is 27.8. The molecule has 202 valence electrons. The number of alkyl halides is 9. The van der Waals surface area contributed by atoms with Crippen molar-refractivity contribution in [1.29, 1.82) is 0 Å². The lowest BCUT2D eigenvalue weighted by Gasteiger charge is -2.29. The van der Waals surface area contributed by atoms with Gasteiger partial charge in [0.1, 0.15) is 0 Å². The molecule has 14 heteroatoms. The average molecular weight is 558 g/mol. The van der Waals surface area contributed by atoms with Gasteiger partial charge in [-0.25, -0.2) is 0 Å². The lowest BCUT2D eigenvalue weighted by atomic mass is 9.88. The van der Waals surface area contributed by atoms with Crippen molar-refractivity contribution in [3.63, 3.8) is 0 Å². The number of hydroxylamine groups is 1. The molecule has 1 amide bonds. The third-order valence-corrected chi connectivity index (χ3v) is 6.03. The van der Waals surface area contributed by atoms with E-state index >= 15 is 0 Å². The Bertz CT molecular complexity index is 1140. The van der Waals surface area contributed by atoms with E-state index in [1.54, 1.807) is 13.2 Å². The first-order valence-electron chi connectivity index (χ1n) is 10.4. The summed E-state index contributed by atoms with van der Waals surface area (Å²) in [5.41, 5.74) is -6.47. The van der Waals surface area contributed by atoms with Crippen molar-refractivity contribution in [2.45, 2.75) is 37.1 Å². The Morgan fingerprint density at radius 3 is 1.97 bits per heavy atom. The van der Waals surface area contributed by atoms with Gasteiger partial charge in [-0.05, 0) is 48.6 Å². The summed E-state index contributed by atoms with van der Waals surface area (Å²) in [5.74, 6) is -0.00581. The molecule has 0 spiro atoms. The number of carbonyl (C=O) groups excluding carboxylic acids is 1. The highest BCUT2D eigenvalue weighted by Crippen LogP contribution is 2.49. The predicted molar refractivity (Wildman–Crippen MR) is 118 cm³/mol. The van der Waals surface area contributed by atoms with Gasteiger partial charge in [0.15, 0.2) is 0 Å². The minimum Gasteiger partial charge on any atom is -0.349 e. The van der Waals surface area contributed by atoms with Gasteiger partial charge in [0.25, 0.3) is 0 Å². The third kappa shape index (κ3) is 6.17. The molecule has 0 saturated carbocycles. The van der Waals surface area contributed by atoms with Crippen molar-refractivity contribution < 1.29 is 49.1 Å². The molecule has 4 nitrogen and oxygen atoms in total. The molecule has 2 unspecified atom stereocenters. The fraction of sp³-hybridized carbons (Fsp3) is 0.348. The summed E-state index contributed by atoms with van der Waals surface area (Å²) >= 11 is 1.31. The van der Waals surface area contributed by atoms with Gasteiger partial charge in [-0.15, -0.1) is 0 Å². The van der Waals surface area contributed by atoms with Crippen LogP contribution in [0.5, 0.6) is 0 Å². The van der Waals surface area contributed by atoms with Gasteiger partial charge in [-0.3, -0.25) is 15.1 Å². The van der Waals surface area contributed by atoms with Crippen molar-refractivity contribution in [2.75, 3.05) is 12.0 Å². The Labute approximate surface area is 209 Å². The zero-order valence-electron chi connectivity index (χ0n) is 19.0. The van der Waals surface area contributed by atoms with E-state index in [0.29, 0.717) is 11.6 Å². The summed E-state index contributed by atoms with van der Waals surface area (Å²) in [6.45, 7) is 1.68. The van der Waals surface area contributed by atoms with Gasteiger partial charge < -0.3 is 5.32 Å². The number of thioether (sulfide) groups is 1. The van der Waals surface area contributed by atoms with E-state index in [9.17, 15) is 44.3 Å². The number of halogens is 9. The summed E-state index contributed by atoms with van der Waals surface area (Å²) in [7, 11) is 0. The lowest BCUT2D eigenvalue weighted by molar-refractivity contribution is -0.269. The topological polar surface area (TPSA) is 50.4 Å². The molecule has 2 N–H and O–H groups in total. The molecule has 0 radical (unpaired) electrons. The second-order valence-electron chi connectivity index (χ2n) is 8.13. The summed E-state index contributed by atoms with van der Waals surface area (Å²) in [6.07, 6.45) is -14.0. The van der Waals surface area contributed by atoms with E-state index in [4.69, 9.17) is 0 Å². The van der Waals surface area contributed by atoms with Crippen LogP contribution in [0.4, 0.5) is 39.5 Å². The lowest BCUT2D eigenvalue weighted by Crippen LogP contribution is -2.43. The van der Waals surface area contributed by atoms with E-state index in [1.165, 1.54) is 36.0 Å². The van der Waals surface area contributed by atoms with Gasteiger partial charge in [0.05, 0.1) is 28.6 Å². The fourth-order valence-electron chi connectivity index (χ4n) is 3.60. The van der Waals surface area contributed by atoms with E-state index in [1.807, 2.05) is 5.48 Å². The van der Waals surface area contributed by atoms with Crippen molar-refractivity contribution in [3.8, 4) is 0 Å². The Morgan fingerprint density at radius 2 is 1.51 bits per heavy atom. The largest absolute Gasteiger partial charge is 0.428 e. The monoisotopic (exact) mass is 558 g/mol. The molecule has 0 aliphatic carbocycles. The predicted octanol–water partition coefficient (Wildman–Crippen LogP) is 6.60. The van der Waals surface area contributed by atoms with Crippen molar-refractivity contribution in [1.82, 2.24) is 10.8 Å². The minimum atomic E-state index is -5.44. The Hall–Kier alpha value is -2.87. The molecule has 1 heterocycles. The Morgan fingerprint density at radius 1 is 0.973 bits per heavy atom. The molecule has 0 saturated heterocycles. The Balaban J connectivity index is 2.04. The smallest absolute Gasteiger partial charge is 0.349 e. The van der Waals surface area contributed by atoms with Crippen molar-refractivity contribution in [2.24, 2.45) is 0 Å². The molecule has 3 rings (SSSR count). The first-order valence-corrected chi connectivity index (χ1v) is 11.8. The molecule has 0 bridgehead atoms. The normalized spacial score (nSPS) is 19.3. The van der Waals surface area contributed by atoms with Crippen LogP contribution in [0.2, 0.25) is 0 Å². The van der Waals surface area contributed by atoms with Crippen LogP contribution in [0.1, 0.15) is 40.8 Å². The summed E-state index contributed by atoms with van der Waals surface area (Å²) in [5, 5.41) is 2.73. The maximum absolute atomic E-state index is 14.2. The van der Waals surface area contributed by atoms with E-state index < -0.39 is 46.9 Å². The van der Waals surface area contributed by atoms with Gasteiger partial charge in [0, 0.05) is 5.56 Å². The molecule has 2 atom stereocenters. The highest BCUT2D eigenvalue weighted by atomic mass is 32.2. The first-order chi connectivity index (χ1) is 17.0. The molecular weight excluding hydrogens is 539 g/mol. The molecule has 2 aromatic carbocycles. The molecule has 37 heavy (non-hydrogen) atoms. The molecule has 0 fully saturated rings. The number of amides is 1. The van der Waals surface area contributed by atoms with Gasteiger partial charge in [0.2, 0.25) is 11.5 Å². The second kappa shape index (κ2) is 10.1. The number of rotatable bonds is 6. The van der Waals surface area contributed by atoms with Crippen LogP contribution in [0.25, 0.3) is 5.70 Å². The molecule has 1 aliphatic heterocycles. The molecule has 0 aromatic heterocycles. The Kier molecular flexibility index (Phi) is 7.85. The number of nitrogens with one attached hydrogen (secondary N) is 2. The standard InChI is InChI=1S/C23H19F9N2O2S/c1-12(33-19(35)11-37-2)13-3-5-14(6-4-13)18-10-20(36-34-18,23(30,31)32)15-7-16(21(24,25)26)9-17(8-15)22(27,28)29/h3-10,12,34H,11H2,1-2H3,(H,33,35). The molecule has 1 aliphatic rings. The quantitative estimate of drug-likeness (QED) is 0.393. The first kappa shape index (κ1) is 28.7. The van der Waals surface area contributed by atoms with Crippen LogP contribution in [0.3, 0.4) is 0 Å². The maximum Gasteiger partial charge on any atom is 0.428 e. The van der Waals surface area contributed by atoms with Crippen molar-refractivity contribution >= 4 is 23.4 Å². The maximum atomic E-state index is 14.2. The van der Waals surface area contributed by atoms with E-state index in [2.05, 4.69) is 10.2 Å². The van der Waals surface area contributed by atoms with Gasteiger partial charge in [-0.1, -0.05) is 24.3 Å². The van der Waals surface area contributed by atoms with Crippen LogP contribution in [0.15, 0.2) is 48.5 Å². The van der Waals surface area contributed by atoms with Gasteiger partial charge >= 0.3 is 18.5 Å². The van der Waals surface area contributed by atoms with Crippen LogP contribution < -0.4 is 10.8 Å². The molecular formula is C23H19F9N2O2S. The SMILES string of the molecule is CSCC(=O)NC(C)c1ccc(C2=CC(c3cc(C(F)(F)F)cc(C(F)(F)F)c3)(C(F)(F)F)ON2)cc1. The summed E-state index contributed by atoms with van der Waals surface area (Å²) < 4.78 is 122.